The molecule has 8 heteroatoms. The van der Waals surface area contributed by atoms with Crippen LogP contribution in [0.25, 0.3) is 0 Å². The Kier molecular flexibility index (Phi) is 7.37. The van der Waals surface area contributed by atoms with Crippen LogP contribution in [0.4, 0.5) is 5.69 Å². The topological polar surface area (TPSA) is 125 Å². The van der Waals surface area contributed by atoms with Crippen molar-refractivity contribution in [3.05, 3.63) is 65.7 Å². The maximum atomic E-state index is 13.0. The van der Waals surface area contributed by atoms with Crippen LogP contribution in [0, 0.1) is 5.92 Å². The zero-order valence-corrected chi connectivity index (χ0v) is 17.1. The number of amides is 2. The van der Waals surface area contributed by atoms with Gasteiger partial charge in [0, 0.05) is 31.0 Å². The third-order valence-corrected chi connectivity index (χ3v) is 5.33. The van der Waals surface area contributed by atoms with E-state index in [1.54, 1.807) is 4.90 Å². The highest BCUT2D eigenvalue weighted by Crippen LogP contribution is 2.26. The van der Waals surface area contributed by atoms with Crippen molar-refractivity contribution in [1.29, 1.82) is 0 Å². The van der Waals surface area contributed by atoms with Gasteiger partial charge in [-0.2, -0.15) is 5.10 Å². The number of nitrogens with zero attached hydrogens (tertiary/aromatic N) is 2. The van der Waals surface area contributed by atoms with Gasteiger partial charge in [-0.3, -0.25) is 9.59 Å². The third kappa shape index (κ3) is 5.91. The summed E-state index contributed by atoms with van der Waals surface area (Å²) in [6.07, 6.45) is 3.03. The molecule has 3 rings (SSSR count). The first-order valence-corrected chi connectivity index (χ1v) is 10.2. The molecule has 2 amide bonds. The average molecular weight is 422 g/mol. The molecule has 1 fully saturated rings. The normalized spacial score (nSPS) is 17.5. The number of hydrogen-bond donors (Lipinski definition) is 3. The van der Waals surface area contributed by atoms with E-state index in [1.165, 1.54) is 6.21 Å². The van der Waals surface area contributed by atoms with Crippen molar-refractivity contribution in [2.45, 2.75) is 31.7 Å². The van der Waals surface area contributed by atoms with Crippen molar-refractivity contribution in [1.82, 2.24) is 5.32 Å². The summed E-state index contributed by atoms with van der Waals surface area (Å²) >= 11 is 0. The molecule has 0 saturated carbocycles. The highest BCUT2D eigenvalue weighted by Gasteiger charge is 2.32. The molecule has 2 atom stereocenters. The molecule has 4 N–H and O–H groups in total. The highest BCUT2D eigenvalue weighted by atomic mass is 16.4. The second-order valence-electron chi connectivity index (χ2n) is 7.55. The Hall–Kier alpha value is -3.68. The number of benzene rings is 2. The number of piperidine rings is 1. The average Bonchev–Trinajstić information content (AvgIpc) is 2.76. The Balaban J connectivity index is 1.62. The molecule has 162 valence electrons. The molecule has 1 aliphatic heterocycles. The first kappa shape index (κ1) is 22.0. The van der Waals surface area contributed by atoms with Crippen molar-refractivity contribution >= 4 is 29.7 Å². The maximum absolute atomic E-state index is 13.0. The Labute approximate surface area is 180 Å². The summed E-state index contributed by atoms with van der Waals surface area (Å²) in [5.74, 6) is 3.01. The lowest BCUT2D eigenvalue weighted by Gasteiger charge is -2.32. The predicted octanol–water partition coefficient (Wildman–Crippen LogP) is 1.92. The van der Waals surface area contributed by atoms with Crippen LogP contribution < -0.4 is 16.1 Å². The van der Waals surface area contributed by atoms with Crippen LogP contribution in [0.3, 0.4) is 0 Å². The van der Waals surface area contributed by atoms with E-state index in [0.29, 0.717) is 13.0 Å². The first-order valence-electron chi connectivity index (χ1n) is 10.2. The molecule has 0 radical (unpaired) electrons. The lowest BCUT2D eigenvalue weighted by Crippen LogP contribution is -2.46. The van der Waals surface area contributed by atoms with Crippen LogP contribution in [0.2, 0.25) is 0 Å². The van der Waals surface area contributed by atoms with Crippen molar-refractivity contribution in [3.63, 3.8) is 0 Å². The number of hydrogen-bond acceptors (Lipinski definition) is 5. The molecule has 0 bridgehead atoms. The maximum Gasteiger partial charge on any atom is 0.326 e. The number of hydrazone groups is 1. The fourth-order valence-corrected chi connectivity index (χ4v) is 3.75. The van der Waals surface area contributed by atoms with Crippen molar-refractivity contribution in [3.8, 4) is 0 Å². The van der Waals surface area contributed by atoms with Gasteiger partial charge in [0.1, 0.15) is 6.04 Å². The molecular formula is C23H26N4O4. The summed E-state index contributed by atoms with van der Waals surface area (Å²) in [5.41, 5.74) is 2.39. The van der Waals surface area contributed by atoms with Crippen LogP contribution in [0.15, 0.2) is 59.7 Å². The monoisotopic (exact) mass is 422 g/mol. The molecule has 2 aromatic rings. The van der Waals surface area contributed by atoms with Crippen LogP contribution >= 0.6 is 0 Å². The Morgan fingerprint density at radius 3 is 2.55 bits per heavy atom. The van der Waals surface area contributed by atoms with Gasteiger partial charge in [-0.1, -0.05) is 42.5 Å². The van der Waals surface area contributed by atoms with Gasteiger partial charge in [0.25, 0.3) is 0 Å². The molecule has 8 nitrogen and oxygen atoms in total. The van der Waals surface area contributed by atoms with E-state index in [9.17, 15) is 19.5 Å². The number of rotatable bonds is 8. The summed E-state index contributed by atoms with van der Waals surface area (Å²) in [6.45, 7) is 0.576. The van der Waals surface area contributed by atoms with Crippen molar-refractivity contribution < 1.29 is 19.5 Å². The van der Waals surface area contributed by atoms with Gasteiger partial charge in [-0.25, -0.2) is 4.79 Å². The Bertz CT molecular complexity index is 944. The fraction of sp³-hybridized carbons (Fsp3) is 0.304. The molecule has 0 spiro atoms. The minimum absolute atomic E-state index is 0.0359. The van der Waals surface area contributed by atoms with E-state index in [2.05, 4.69) is 10.4 Å². The summed E-state index contributed by atoms with van der Waals surface area (Å²) in [6, 6.07) is 15.3. The van der Waals surface area contributed by atoms with Gasteiger partial charge in [0.2, 0.25) is 11.8 Å². The third-order valence-electron chi connectivity index (χ3n) is 5.33. The van der Waals surface area contributed by atoms with Crippen LogP contribution in [-0.4, -0.2) is 41.7 Å². The zero-order chi connectivity index (χ0) is 22.2. The SMILES string of the molecule is NN=Cc1ccc(N2CCCC(CC(=O)NC(Cc3ccccc3)C(=O)O)C2=O)cc1. The minimum atomic E-state index is -1.10. The lowest BCUT2D eigenvalue weighted by molar-refractivity contribution is -0.142. The Morgan fingerprint density at radius 1 is 1.19 bits per heavy atom. The second-order valence-corrected chi connectivity index (χ2v) is 7.55. The number of nitrogens with one attached hydrogen (secondary N) is 1. The van der Waals surface area contributed by atoms with E-state index in [-0.39, 0.29) is 18.7 Å². The lowest BCUT2D eigenvalue weighted by atomic mass is 9.92. The number of carbonyl (C=O) groups is 3. The Morgan fingerprint density at radius 2 is 1.90 bits per heavy atom. The van der Waals surface area contributed by atoms with Gasteiger partial charge < -0.3 is 21.2 Å². The summed E-state index contributed by atoms with van der Waals surface area (Å²) in [7, 11) is 0. The van der Waals surface area contributed by atoms with Gasteiger partial charge in [0.15, 0.2) is 0 Å². The summed E-state index contributed by atoms with van der Waals surface area (Å²) < 4.78 is 0. The molecule has 1 heterocycles. The molecule has 1 saturated heterocycles. The molecule has 31 heavy (non-hydrogen) atoms. The first-order chi connectivity index (χ1) is 15.0. The van der Waals surface area contributed by atoms with E-state index in [0.717, 1.165) is 23.2 Å². The molecule has 0 aromatic heterocycles. The van der Waals surface area contributed by atoms with Gasteiger partial charge in [-0.05, 0) is 36.1 Å². The number of carboxylic acid groups (broad SMARTS) is 1. The number of anilines is 1. The number of aliphatic carboxylic acids is 1. The number of carboxylic acids is 1. The van der Waals surface area contributed by atoms with Crippen LogP contribution in [0.1, 0.15) is 30.4 Å². The zero-order valence-electron chi connectivity index (χ0n) is 17.1. The van der Waals surface area contributed by atoms with Gasteiger partial charge in [-0.15, -0.1) is 0 Å². The van der Waals surface area contributed by atoms with E-state index in [1.807, 2.05) is 54.6 Å². The van der Waals surface area contributed by atoms with Crippen molar-refractivity contribution in [2.24, 2.45) is 16.9 Å². The largest absolute Gasteiger partial charge is 0.480 e. The molecule has 0 aliphatic carbocycles. The molecule has 1 aliphatic rings. The molecule has 2 unspecified atom stereocenters. The predicted molar refractivity (Wildman–Crippen MR) is 118 cm³/mol. The highest BCUT2D eigenvalue weighted by molar-refractivity contribution is 5.98. The number of nitrogens with two attached hydrogens (primary N) is 1. The van der Waals surface area contributed by atoms with Crippen molar-refractivity contribution in [2.75, 3.05) is 11.4 Å². The van der Waals surface area contributed by atoms with E-state index in [4.69, 9.17) is 5.84 Å². The fourth-order valence-electron chi connectivity index (χ4n) is 3.75. The smallest absolute Gasteiger partial charge is 0.326 e. The number of carbonyl (C=O) groups excluding carboxylic acids is 2. The van der Waals surface area contributed by atoms with E-state index < -0.39 is 23.8 Å². The summed E-state index contributed by atoms with van der Waals surface area (Å²) in [5, 5.41) is 15.5. The summed E-state index contributed by atoms with van der Waals surface area (Å²) in [4.78, 5) is 38.8. The minimum Gasteiger partial charge on any atom is -0.480 e. The second kappa shape index (κ2) is 10.4. The van der Waals surface area contributed by atoms with Crippen LogP contribution in [-0.2, 0) is 20.8 Å². The standard InChI is InChI=1S/C23H26N4O4/c24-25-15-17-8-10-19(11-9-17)27-12-4-7-18(22(27)29)14-21(28)26-20(23(30)31)13-16-5-2-1-3-6-16/h1-3,5-6,8-11,15,18,20H,4,7,12-14,24H2,(H,26,28)(H,30,31). The molecule has 2 aromatic carbocycles. The van der Waals surface area contributed by atoms with Gasteiger partial charge >= 0.3 is 5.97 Å². The quantitative estimate of drug-likeness (QED) is 0.340. The van der Waals surface area contributed by atoms with Gasteiger partial charge in [0.05, 0.1) is 6.21 Å². The van der Waals surface area contributed by atoms with E-state index >= 15 is 0 Å². The molecular weight excluding hydrogens is 396 g/mol. The van der Waals surface area contributed by atoms with Crippen LogP contribution in [0.5, 0.6) is 0 Å².